The summed E-state index contributed by atoms with van der Waals surface area (Å²) in [6.07, 6.45) is 4.21. The molecule has 0 aliphatic heterocycles. The van der Waals surface area contributed by atoms with Gasteiger partial charge >= 0.3 is 0 Å². The molecule has 82 valence electrons. The molecule has 0 bridgehead atoms. The molecule has 1 saturated carbocycles. The van der Waals surface area contributed by atoms with Crippen LogP contribution < -0.4 is 5.32 Å². The zero-order valence-corrected chi connectivity index (χ0v) is 10.0. The molecule has 1 aliphatic carbocycles. The first kappa shape index (κ1) is 10.5. The van der Waals surface area contributed by atoms with E-state index >= 15 is 0 Å². The molecule has 0 spiro atoms. The van der Waals surface area contributed by atoms with Crippen LogP contribution >= 0.6 is 0 Å². The van der Waals surface area contributed by atoms with Gasteiger partial charge in [0.15, 0.2) is 0 Å². The summed E-state index contributed by atoms with van der Waals surface area (Å²) in [5, 5.41) is 3.62. The van der Waals surface area contributed by atoms with Crippen LogP contribution in [-0.2, 0) is 0 Å². The molecule has 1 aromatic carbocycles. The SMILES string of the molecule is Cc1ccc(C)c(NC(C)CC2CC2)c1. The van der Waals surface area contributed by atoms with Crippen molar-refractivity contribution in [3.05, 3.63) is 29.3 Å². The fraction of sp³-hybridized carbons (Fsp3) is 0.571. The van der Waals surface area contributed by atoms with Crippen LogP contribution in [0.15, 0.2) is 18.2 Å². The molecular formula is C14H21N. The lowest BCUT2D eigenvalue weighted by Gasteiger charge is -2.17. The first-order chi connectivity index (χ1) is 7.15. The molecule has 0 heterocycles. The van der Waals surface area contributed by atoms with Gasteiger partial charge in [0.1, 0.15) is 0 Å². The van der Waals surface area contributed by atoms with Crippen LogP contribution in [0, 0.1) is 19.8 Å². The van der Waals surface area contributed by atoms with Gasteiger partial charge in [-0.25, -0.2) is 0 Å². The van der Waals surface area contributed by atoms with Gasteiger partial charge in [-0.3, -0.25) is 0 Å². The summed E-state index contributed by atoms with van der Waals surface area (Å²) in [6.45, 7) is 6.61. The number of nitrogens with one attached hydrogen (secondary N) is 1. The van der Waals surface area contributed by atoms with Crippen molar-refractivity contribution >= 4 is 5.69 Å². The third-order valence-electron chi connectivity index (χ3n) is 3.18. The van der Waals surface area contributed by atoms with Crippen LogP contribution in [0.5, 0.6) is 0 Å². The van der Waals surface area contributed by atoms with Gasteiger partial charge in [-0.05, 0) is 50.3 Å². The summed E-state index contributed by atoms with van der Waals surface area (Å²) >= 11 is 0. The molecule has 1 nitrogen and oxygen atoms in total. The number of rotatable bonds is 4. The Morgan fingerprint density at radius 3 is 2.73 bits per heavy atom. The van der Waals surface area contributed by atoms with Crippen LogP contribution in [0.4, 0.5) is 5.69 Å². The average Bonchev–Trinajstić information content (AvgIpc) is 2.95. The van der Waals surface area contributed by atoms with E-state index in [1.54, 1.807) is 0 Å². The molecular weight excluding hydrogens is 182 g/mol. The van der Waals surface area contributed by atoms with E-state index in [-0.39, 0.29) is 0 Å². The monoisotopic (exact) mass is 203 g/mol. The lowest BCUT2D eigenvalue weighted by atomic mass is 10.1. The van der Waals surface area contributed by atoms with Gasteiger partial charge in [0.05, 0.1) is 0 Å². The van der Waals surface area contributed by atoms with E-state index in [4.69, 9.17) is 0 Å². The quantitative estimate of drug-likeness (QED) is 0.782. The molecule has 2 rings (SSSR count). The van der Waals surface area contributed by atoms with Gasteiger partial charge in [-0.1, -0.05) is 25.0 Å². The molecule has 1 unspecified atom stereocenters. The van der Waals surface area contributed by atoms with E-state index in [0.717, 1.165) is 5.92 Å². The molecule has 1 heteroatoms. The minimum atomic E-state index is 0.609. The van der Waals surface area contributed by atoms with Crippen LogP contribution in [0.3, 0.4) is 0 Å². The van der Waals surface area contributed by atoms with Crippen molar-refractivity contribution < 1.29 is 0 Å². The number of aryl methyl sites for hydroxylation is 2. The maximum Gasteiger partial charge on any atom is 0.0374 e. The smallest absolute Gasteiger partial charge is 0.0374 e. The Morgan fingerprint density at radius 1 is 1.33 bits per heavy atom. The molecule has 0 amide bonds. The van der Waals surface area contributed by atoms with Gasteiger partial charge in [0, 0.05) is 11.7 Å². The van der Waals surface area contributed by atoms with Gasteiger partial charge in [0.25, 0.3) is 0 Å². The Kier molecular flexibility index (Phi) is 2.99. The van der Waals surface area contributed by atoms with Gasteiger partial charge in [-0.15, -0.1) is 0 Å². The van der Waals surface area contributed by atoms with Crippen molar-refractivity contribution in [3.8, 4) is 0 Å². The number of anilines is 1. The molecule has 1 N–H and O–H groups in total. The lowest BCUT2D eigenvalue weighted by molar-refractivity contribution is 0.642. The minimum Gasteiger partial charge on any atom is -0.382 e. The topological polar surface area (TPSA) is 12.0 Å². The predicted octanol–water partition coefficient (Wildman–Crippen LogP) is 3.90. The predicted molar refractivity (Wildman–Crippen MR) is 66.3 cm³/mol. The molecule has 15 heavy (non-hydrogen) atoms. The van der Waals surface area contributed by atoms with E-state index in [2.05, 4.69) is 44.3 Å². The van der Waals surface area contributed by atoms with Crippen molar-refractivity contribution in [3.63, 3.8) is 0 Å². The Hall–Kier alpha value is -0.980. The second kappa shape index (κ2) is 4.26. The minimum absolute atomic E-state index is 0.609. The average molecular weight is 203 g/mol. The van der Waals surface area contributed by atoms with E-state index in [9.17, 15) is 0 Å². The standard InChI is InChI=1S/C14H21N/c1-10-4-5-11(2)14(8-10)15-12(3)9-13-6-7-13/h4-5,8,12-13,15H,6-7,9H2,1-3H3. The maximum absolute atomic E-state index is 3.62. The highest BCUT2D eigenvalue weighted by Gasteiger charge is 2.23. The summed E-state index contributed by atoms with van der Waals surface area (Å²) in [4.78, 5) is 0. The summed E-state index contributed by atoms with van der Waals surface area (Å²) < 4.78 is 0. The Bertz CT molecular complexity index is 339. The second-order valence-corrected chi connectivity index (χ2v) is 5.04. The highest BCUT2D eigenvalue weighted by Crippen LogP contribution is 2.34. The van der Waals surface area contributed by atoms with Gasteiger partial charge in [-0.2, -0.15) is 0 Å². The molecule has 0 aromatic heterocycles. The largest absolute Gasteiger partial charge is 0.382 e. The summed E-state index contributed by atoms with van der Waals surface area (Å²) in [7, 11) is 0. The maximum atomic E-state index is 3.62. The zero-order chi connectivity index (χ0) is 10.8. The van der Waals surface area contributed by atoms with Crippen molar-refractivity contribution in [2.45, 2.75) is 46.1 Å². The highest BCUT2D eigenvalue weighted by molar-refractivity contribution is 5.53. The van der Waals surface area contributed by atoms with Crippen molar-refractivity contribution in [2.24, 2.45) is 5.92 Å². The molecule has 0 radical (unpaired) electrons. The van der Waals surface area contributed by atoms with Crippen LogP contribution in [0.25, 0.3) is 0 Å². The fourth-order valence-electron chi connectivity index (χ4n) is 2.07. The molecule has 1 aromatic rings. The first-order valence-corrected chi connectivity index (χ1v) is 5.99. The van der Waals surface area contributed by atoms with Crippen molar-refractivity contribution in [1.82, 2.24) is 0 Å². The fourth-order valence-corrected chi connectivity index (χ4v) is 2.07. The van der Waals surface area contributed by atoms with Crippen molar-refractivity contribution in [2.75, 3.05) is 5.32 Å². The molecule has 1 atom stereocenters. The lowest BCUT2D eigenvalue weighted by Crippen LogP contribution is -2.16. The Labute approximate surface area is 92.9 Å². The van der Waals surface area contributed by atoms with Crippen LogP contribution in [-0.4, -0.2) is 6.04 Å². The van der Waals surface area contributed by atoms with Gasteiger partial charge in [0.2, 0.25) is 0 Å². The van der Waals surface area contributed by atoms with E-state index < -0.39 is 0 Å². The highest BCUT2D eigenvalue weighted by atomic mass is 14.9. The second-order valence-electron chi connectivity index (χ2n) is 5.04. The molecule has 1 aliphatic rings. The summed E-state index contributed by atoms with van der Waals surface area (Å²) in [6, 6.07) is 7.23. The van der Waals surface area contributed by atoms with E-state index in [0.29, 0.717) is 6.04 Å². The Balaban J connectivity index is 1.98. The Morgan fingerprint density at radius 2 is 2.07 bits per heavy atom. The third-order valence-corrected chi connectivity index (χ3v) is 3.18. The van der Waals surface area contributed by atoms with Crippen LogP contribution in [0.1, 0.15) is 37.3 Å². The normalized spacial score (nSPS) is 17.5. The zero-order valence-electron chi connectivity index (χ0n) is 10.0. The number of hydrogen-bond donors (Lipinski definition) is 1. The third kappa shape index (κ3) is 2.98. The number of hydrogen-bond acceptors (Lipinski definition) is 1. The summed E-state index contributed by atoms with van der Waals surface area (Å²) in [5.74, 6) is 0.998. The van der Waals surface area contributed by atoms with E-state index in [1.807, 2.05) is 0 Å². The molecule has 0 saturated heterocycles. The first-order valence-electron chi connectivity index (χ1n) is 5.99. The number of benzene rings is 1. The molecule has 1 fully saturated rings. The van der Waals surface area contributed by atoms with Gasteiger partial charge < -0.3 is 5.32 Å². The van der Waals surface area contributed by atoms with E-state index in [1.165, 1.54) is 36.1 Å². The van der Waals surface area contributed by atoms with Crippen molar-refractivity contribution in [1.29, 1.82) is 0 Å². The van der Waals surface area contributed by atoms with Crippen LogP contribution in [0.2, 0.25) is 0 Å². The summed E-state index contributed by atoms with van der Waals surface area (Å²) in [5.41, 5.74) is 3.99.